The van der Waals surface area contributed by atoms with Gasteiger partial charge in [0.15, 0.2) is 0 Å². The second-order valence-electron chi connectivity index (χ2n) is 4.25. The van der Waals surface area contributed by atoms with E-state index in [0.29, 0.717) is 12.6 Å². The largest absolute Gasteiger partial charge is 0.313 e. The van der Waals surface area contributed by atoms with Gasteiger partial charge in [-0.1, -0.05) is 11.6 Å². The van der Waals surface area contributed by atoms with Crippen molar-refractivity contribution in [3.8, 4) is 0 Å². The fourth-order valence-electron chi connectivity index (χ4n) is 1.78. The third-order valence-electron chi connectivity index (χ3n) is 2.79. The lowest BCUT2D eigenvalue weighted by atomic mass is 10.1. The van der Waals surface area contributed by atoms with Crippen molar-refractivity contribution in [1.29, 1.82) is 0 Å². The van der Waals surface area contributed by atoms with Crippen LogP contribution in [0.5, 0.6) is 0 Å². The molecule has 2 rings (SSSR count). The molecule has 0 unspecified atom stereocenters. The summed E-state index contributed by atoms with van der Waals surface area (Å²) in [6, 6.07) is 2.22. The third kappa shape index (κ3) is 4.52. The number of rotatable bonds is 4. The van der Waals surface area contributed by atoms with E-state index in [9.17, 15) is 17.2 Å². The molecule has 4 nitrogen and oxygen atoms in total. The van der Waals surface area contributed by atoms with Crippen LogP contribution in [-0.4, -0.2) is 28.1 Å². The third-order valence-corrected chi connectivity index (χ3v) is 4.17. The van der Waals surface area contributed by atoms with Crippen molar-refractivity contribution in [3.63, 3.8) is 0 Å². The molecule has 0 saturated heterocycles. The Kier molecular flexibility index (Phi) is 6.07. The molecule has 20 heavy (non-hydrogen) atoms. The number of hydrogen-bond acceptors (Lipinski definition) is 3. The van der Waals surface area contributed by atoms with Crippen molar-refractivity contribution >= 4 is 22.4 Å². The summed E-state index contributed by atoms with van der Waals surface area (Å²) in [5.41, 5.74) is 0.958. The molecule has 8 heteroatoms. The summed E-state index contributed by atoms with van der Waals surface area (Å²) < 4.78 is 52.1. The van der Waals surface area contributed by atoms with Crippen LogP contribution in [0.4, 0.5) is 8.78 Å². The molecule has 0 atom stereocenters. The van der Waals surface area contributed by atoms with E-state index in [2.05, 4.69) is 10.0 Å². The molecule has 0 radical (unpaired) electrons. The van der Waals surface area contributed by atoms with Gasteiger partial charge in [-0.05, 0) is 25.1 Å². The van der Waals surface area contributed by atoms with Crippen molar-refractivity contribution in [3.05, 3.63) is 41.5 Å². The van der Waals surface area contributed by atoms with Crippen molar-refractivity contribution in [1.82, 2.24) is 10.0 Å². The van der Waals surface area contributed by atoms with Crippen LogP contribution in [0.15, 0.2) is 34.7 Å². The number of sulfonamides is 1. The zero-order valence-electron chi connectivity index (χ0n) is 10.5. The van der Waals surface area contributed by atoms with Crippen LogP contribution in [0.3, 0.4) is 0 Å². The highest BCUT2D eigenvalue weighted by atomic mass is 35.5. The summed E-state index contributed by atoms with van der Waals surface area (Å²) in [7, 11) is -3.90. The quantitative estimate of drug-likeness (QED) is 0.827. The van der Waals surface area contributed by atoms with E-state index in [1.165, 1.54) is 0 Å². The van der Waals surface area contributed by atoms with Crippen molar-refractivity contribution in [2.45, 2.75) is 11.3 Å². The number of nitrogens with one attached hydrogen (secondary N) is 2. The minimum atomic E-state index is -3.90. The highest BCUT2D eigenvalue weighted by Gasteiger charge is 2.17. The maximum atomic E-state index is 13.0. The molecule has 0 bridgehead atoms. The van der Waals surface area contributed by atoms with Gasteiger partial charge in [0.05, 0.1) is 4.90 Å². The zero-order valence-corrected chi connectivity index (χ0v) is 12.2. The molecule has 1 aliphatic heterocycles. The highest BCUT2D eigenvalue weighted by Crippen LogP contribution is 2.14. The van der Waals surface area contributed by atoms with Gasteiger partial charge in [-0.15, -0.1) is 12.4 Å². The van der Waals surface area contributed by atoms with Gasteiger partial charge in [-0.3, -0.25) is 0 Å². The average Bonchev–Trinajstić information content (AvgIpc) is 2.37. The molecule has 0 amide bonds. The van der Waals surface area contributed by atoms with Crippen LogP contribution in [0, 0.1) is 11.6 Å². The van der Waals surface area contributed by atoms with E-state index in [-0.39, 0.29) is 19.0 Å². The average molecular weight is 325 g/mol. The Bertz CT molecular complexity index is 585. The first kappa shape index (κ1) is 17.0. The standard InChI is InChI=1S/C12H14F2N2O2S.ClH/c13-10-5-11(14)7-12(6-10)19(17,18)16-8-9-1-3-15-4-2-9;/h1,5-7,15-16H,2-4,8H2;1H. The van der Waals surface area contributed by atoms with Gasteiger partial charge in [-0.2, -0.15) is 0 Å². The summed E-state index contributed by atoms with van der Waals surface area (Å²) in [5.74, 6) is -1.83. The van der Waals surface area contributed by atoms with Gasteiger partial charge in [0.1, 0.15) is 11.6 Å². The van der Waals surface area contributed by atoms with Gasteiger partial charge in [0, 0.05) is 19.2 Å². The minimum absolute atomic E-state index is 0. The summed E-state index contributed by atoms with van der Waals surface area (Å²) in [4.78, 5) is -0.403. The Balaban J connectivity index is 0.00000200. The van der Waals surface area contributed by atoms with Crippen molar-refractivity contribution < 1.29 is 17.2 Å². The molecule has 0 aromatic heterocycles. The molecule has 0 aliphatic carbocycles. The highest BCUT2D eigenvalue weighted by molar-refractivity contribution is 7.89. The van der Waals surface area contributed by atoms with Crippen LogP contribution in [-0.2, 0) is 10.0 Å². The first-order valence-electron chi connectivity index (χ1n) is 5.82. The first-order chi connectivity index (χ1) is 8.97. The van der Waals surface area contributed by atoms with Crippen molar-refractivity contribution in [2.24, 2.45) is 0 Å². The first-order valence-corrected chi connectivity index (χ1v) is 7.30. The van der Waals surface area contributed by atoms with E-state index in [1.807, 2.05) is 6.08 Å². The Morgan fingerprint density at radius 1 is 1.20 bits per heavy atom. The van der Waals surface area contributed by atoms with Crippen molar-refractivity contribution in [2.75, 3.05) is 19.6 Å². The second kappa shape index (κ2) is 7.12. The van der Waals surface area contributed by atoms with Gasteiger partial charge >= 0.3 is 0 Å². The zero-order chi connectivity index (χ0) is 13.9. The number of benzene rings is 1. The Morgan fingerprint density at radius 2 is 1.85 bits per heavy atom. The maximum absolute atomic E-state index is 13.0. The minimum Gasteiger partial charge on any atom is -0.313 e. The van der Waals surface area contributed by atoms with Crippen LogP contribution < -0.4 is 10.0 Å². The number of halogens is 3. The van der Waals surface area contributed by atoms with Gasteiger partial charge in [-0.25, -0.2) is 21.9 Å². The molecule has 1 aliphatic rings. The monoisotopic (exact) mass is 324 g/mol. The Labute approximate surface area is 122 Å². The van der Waals surface area contributed by atoms with E-state index < -0.39 is 26.6 Å². The summed E-state index contributed by atoms with van der Waals surface area (Å²) >= 11 is 0. The van der Waals surface area contributed by atoms with Gasteiger partial charge in [0.25, 0.3) is 0 Å². The normalized spacial score (nSPS) is 15.4. The lowest BCUT2D eigenvalue weighted by Gasteiger charge is -2.14. The van der Waals surface area contributed by atoms with E-state index in [0.717, 1.165) is 30.7 Å². The lowest BCUT2D eigenvalue weighted by Crippen LogP contribution is -2.29. The topological polar surface area (TPSA) is 58.2 Å². The molecule has 1 aromatic carbocycles. The molecule has 1 aromatic rings. The van der Waals surface area contributed by atoms with Gasteiger partial charge < -0.3 is 5.32 Å². The maximum Gasteiger partial charge on any atom is 0.241 e. The molecular formula is C12H15ClF2N2O2S. The van der Waals surface area contributed by atoms with Crippen LogP contribution in [0.2, 0.25) is 0 Å². The molecule has 0 saturated carbocycles. The number of hydrogen-bond donors (Lipinski definition) is 2. The van der Waals surface area contributed by atoms with E-state index in [4.69, 9.17) is 0 Å². The summed E-state index contributed by atoms with van der Waals surface area (Å²) in [5, 5.41) is 3.11. The second-order valence-corrected chi connectivity index (χ2v) is 6.01. The van der Waals surface area contributed by atoms with Crippen LogP contribution in [0.25, 0.3) is 0 Å². The van der Waals surface area contributed by atoms with E-state index >= 15 is 0 Å². The van der Waals surface area contributed by atoms with Crippen LogP contribution in [0.1, 0.15) is 6.42 Å². The van der Waals surface area contributed by atoms with Crippen LogP contribution >= 0.6 is 12.4 Å². The smallest absolute Gasteiger partial charge is 0.241 e. The predicted octanol–water partition coefficient (Wildman–Crippen LogP) is 1.58. The summed E-state index contributed by atoms with van der Waals surface area (Å²) in [6.07, 6.45) is 2.65. The molecular weight excluding hydrogens is 310 g/mol. The Morgan fingerprint density at radius 3 is 2.40 bits per heavy atom. The SMILES string of the molecule is Cl.O=S(=O)(NCC1=CCNCC1)c1cc(F)cc(F)c1. The summed E-state index contributed by atoms with van der Waals surface area (Å²) in [6.45, 7) is 1.65. The molecule has 0 spiro atoms. The molecule has 1 heterocycles. The lowest BCUT2D eigenvalue weighted by molar-refractivity contribution is 0.562. The molecule has 112 valence electrons. The predicted molar refractivity (Wildman–Crippen MR) is 74.4 cm³/mol. The fraction of sp³-hybridized carbons (Fsp3) is 0.333. The van der Waals surface area contributed by atoms with Gasteiger partial charge in [0.2, 0.25) is 10.0 Å². The Hall–Kier alpha value is -1.02. The van der Waals surface area contributed by atoms with E-state index in [1.54, 1.807) is 0 Å². The molecule has 2 N–H and O–H groups in total. The molecule has 0 fully saturated rings. The fourth-order valence-corrected chi connectivity index (χ4v) is 2.86.